The van der Waals surface area contributed by atoms with Crippen molar-refractivity contribution >= 4 is 39.1 Å². The molecule has 0 unspecified atom stereocenters. The van der Waals surface area contributed by atoms with E-state index in [0.29, 0.717) is 35.3 Å². The average Bonchev–Trinajstić information content (AvgIpc) is 3.00. The maximum Gasteiger partial charge on any atom is 0.254 e. The number of fused-ring (bicyclic) bond motifs is 1. The number of carbonyl (C=O) groups is 1. The second kappa shape index (κ2) is 8.63. The molecule has 2 aromatic rings. The first-order valence-electron chi connectivity index (χ1n) is 9.50. The molecule has 0 radical (unpaired) electrons. The van der Waals surface area contributed by atoms with E-state index in [2.05, 4.69) is 0 Å². The van der Waals surface area contributed by atoms with Crippen LogP contribution in [0.1, 0.15) is 16.8 Å². The molecule has 1 amide bonds. The molecule has 10 heteroatoms. The van der Waals surface area contributed by atoms with Crippen molar-refractivity contribution in [2.24, 2.45) is 0 Å². The second-order valence-electron chi connectivity index (χ2n) is 6.98. The smallest absolute Gasteiger partial charge is 0.254 e. The van der Waals surface area contributed by atoms with Crippen molar-refractivity contribution in [1.82, 2.24) is 9.21 Å². The van der Waals surface area contributed by atoms with Crippen molar-refractivity contribution < 1.29 is 22.7 Å². The van der Waals surface area contributed by atoms with Gasteiger partial charge in [-0.15, -0.1) is 0 Å². The summed E-state index contributed by atoms with van der Waals surface area (Å²) in [6.45, 7) is 1.99. The number of halogens is 2. The van der Waals surface area contributed by atoms with Crippen molar-refractivity contribution in [2.75, 3.05) is 39.4 Å². The molecule has 0 saturated carbocycles. The van der Waals surface area contributed by atoms with Crippen LogP contribution in [0.4, 0.5) is 0 Å². The van der Waals surface area contributed by atoms with Crippen molar-refractivity contribution in [2.45, 2.75) is 11.3 Å². The van der Waals surface area contributed by atoms with Gasteiger partial charge in [0.2, 0.25) is 10.0 Å². The molecule has 2 aliphatic heterocycles. The van der Waals surface area contributed by atoms with Gasteiger partial charge in [-0.2, -0.15) is 4.31 Å². The Kier molecular flexibility index (Phi) is 6.11. The van der Waals surface area contributed by atoms with E-state index in [1.54, 1.807) is 23.1 Å². The number of carbonyl (C=O) groups excluding carboxylic acids is 1. The Morgan fingerprint density at radius 1 is 0.900 bits per heavy atom. The van der Waals surface area contributed by atoms with Gasteiger partial charge in [0.25, 0.3) is 5.91 Å². The number of ether oxygens (including phenoxy) is 2. The SMILES string of the molecule is O=C(c1ccc2c(c1)OCCCO2)N1CCN(S(=O)(=O)c2cc(Cl)ccc2Cl)CC1. The van der Waals surface area contributed by atoms with Crippen molar-refractivity contribution in [1.29, 1.82) is 0 Å². The van der Waals surface area contributed by atoms with Crippen LogP contribution in [-0.2, 0) is 10.0 Å². The van der Waals surface area contributed by atoms with Gasteiger partial charge in [-0.3, -0.25) is 4.79 Å². The molecule has 1 saturated heterocycles. The third kappa shape index (κ3) is 4.23. The van der Waals surface area contributed by atoms with E-state index in [4.69, 9.17) is 32.7 Å². The maximum absolute atomic E-state index is 12.9. The lowest BCUT2D eigenvalue weighted by Gasteiger charge is -2.34. The molecule has 2 heterocycles. The highest BCUT2D eigenvalue weighted by Crippen LogP contribution is 2.31. The van der Waals surface area contributed by atoms with Crippen LogP contribution in [0.15, 0.2) is 41.3 Å². The summed E-state index contributed by atoms with van der Waals surface area (Å²) in [6.07, 6.45) is 0.783. The first kappa shape index (κ1) is 21.2. The average molecular weight is 471 g/mol. The molecule has 2 aromatic carbocycles. The highest BCUT2D eigenvalue weighted by Gasteiger charge is 2.32. The molecule has 0 aliphatic carbocycles. The third-order valence-electron chi connectivity index (χ3n) is 5.03. The van der Waals surface area contributed by atoms with Gasteiger partial charge < -0.3 is 14.4 Å². The Balaban J connectivity index is 1.46. The van der Waals surface area contributed by atoms with Gasteiger partial charge in [-0.1, -0.05) is 23.2 Å². The Hall–Kier alpha value is -2.00. The molecule has 0 N–H and O–H groups in total. The standard InChI is InChI=1S/C20H20Cl2N2O5S/c21-15-3-4-16(22)19(13-15)30(26,27)24-8-6-23(7-9-24)20(25)14-2-5-17-18(12-14)29-11-1-10-28-17/h2-5,12-13H,1,6-11H2. The van der Waals surface area contributed by atoms with Crippen LogP contribution < -0.4 is 9.47 Å². The van der Waals surface area contributed by atoms with E-state index in [1.807, 2.05) is 0 Å². The number of hydrogen-bond acceptors (Lipinski definition) is 5. The number of benzene rings is 2. The molecule has 0 aromatic heterocycles. The van der Waals surface area contributed by atoms with E-state index < -0.39 is 10.0 Å². The minimum atomic E-state index is -3.80. The molecule has 0 spiro atoms. The Morgan fingerprint density at radius 2 is 1.60 bits per heavy atom. The predicted molar refractivity (Wildman–Crippen MR) is 113 cm³/mol. The topological polar surface area (TPSA) is 76.2 Å². The van der Waals surface area contributed by atoms with Gasteiger partial charge in [0.1, 0.15) is 4.90 Å². The Labute approximate surface area is 185 Å². The largest absolute Gasteiger partial charge is 0.490 e. The summed E-state index contributed by atoms with van der Waals surface area (Å²) < 4.78 is 38.5. The number of rotatable bonds is 3. The van der Waals surface area contributed by atoms with Gasteiger partial charge in [-0.25, -0.2) is 8.42 Å². The Morgan fingerprint density at radius 3 is 2.33 bits per heavy atom. The van der Waals surface area contributed by atoms with Crippen LogP contribution in [0.5, 0.6) is 11.5 Å². The number of hydrogen-bond donors (Lipinski definition) is 0. The fourth-order valence-electron chi connectivity index (χ4n) is 3.42. The summed E-state index contributed by atoms with van der Waals surface area (Å²) in [4.78, 5) is 14.5. The van der Waals surface area contributed by atoms with E-state index in [0.717, 1.165) is 6.42 Å². The van der Waals surface area contributed by atoms with Crippen LogP contribution >= 0.6 is 23.2 Å². The van der Waals surface area contributed by atoms with Gasteiger partial charge in [0.15, 0.2) is 11.5 Å². The highest BCUT2D eigenvalue weighted by atomic mass is 35.5. The number of sulfonamides is 1. The fourth-order valence-corrected chi connectivity index (χ4v) is 5.58. The zero-order valence-electron chi connectivity index (χ0n) is 16.0. The van der Waals surface area contributed by atoms with Crippen LogP contribution in [0.25, 0.3) is 0 Å². The Bertz CT molecular complexity index is 1070. The summed E-state index contributed by atoms with van der Waals surface area (Å²) >= 11 is 12.0. The third-order valence-corrected chi connectivity index (χ3v) is 7.65. The lowest BCUT2D eigenvalue weighted by molar-refractivity contribution is 0.0697. The van der Waals surface area contributed by atoms with Crippen LogP contribution in [0.2, 0.25) is 10.0 Å². The van der Waals surface area contributed by atoms with E-state index in [9.17, 15) is 13.2 Å². The zero-order chi connectivity index (χ0) is 21.3. The molecule has 1 fully saturated rings. The molecular formula is C20H20Cl2N2O5S. The minimum Gasteiger partial charge on any atom is -0.490 e. The lowest BCUT2D eigenvalue weighted by Crippen LogP contribution is -2.50. The highest BCUT2D eigenvalue weighted by molar-refractivity contribution is 7.89. The zero-order valence-corrected chi connectivity index (χ0v) is 18.3. The minimum absolute atomic E-state index is 0.0284. The number of amides is 1. The van der Waals surface area contributed by atoms with Crippen molar-refractivity contribution in [3.05, 3.63) is 52.0 Å². The summed E-state index contributed by atoms with van der Waals surface area (Å²) in [5.41, 5.74) is 0.480. The lowest BCUT2D eigenvalue weighted by atomic mass is 10.1. The summed E-state index contributed by atoms with van der Waals surface area (Å²) in [6, 6.07) is 9.45. The first-order valence-corrected chi connectivity index (χ1v) is 11.7. The first-order chi connectivity index (χ1) is 14.4. The molecule has 4 rings (SSSR count). The van der Waals surface area contributed by atoms with Gasteiger partial charge in [0, 0.05) is 43.2 Å². The summed E-state index contributed by atoms with van der Waals surface area (Å²) in [5, 5.41) is 0.409. The quantitative estimate of drug-likeness (QED) is 0.687. The van der Waals surface area contributed by atoms with Gasteiger partial charge >= 0.3 is 0 Å². The van der Waals surface area contributed by atoms with Crippen LogP contribution in [0, 0.1) is 0 Å². The van der Waals surface area contributed by atoms with Crippen LogP contribution in [-0.4, -0.2) is 62.9 Å². The summed E-state index contributed by atoms with van der Waals surface area (Å²) in [5.74, 6) is 0.997. The molecule has 0 bridgehead atoms. The van der Waals surface area contributed by atoms with Crippen molar-refractivity contribution in [3.63, 3.8) is 0 Å². The van der Waals surface area contributed by atoms with Gasteiger partial charge in [-0.05, 0) is 36.4 Å². The van der Waals surface area contributed by atoms with Gasteiger partial charge in [0.05, 0.1) is 18.2 Å². The summed E-state index contributed by atoms with van der Waals surface area (Å²) in [7, 11) is -3.80. The monoisotopic (exact) mass is 470 g/mol. The molecule has 2 aliphatic rings. The van der Waals surface area contributed by atoms with E-state index in [1.165, 1.54) is 22.5 Å². The maximum atomic E-state index is 12.9. The number of nitrogens with zero attached hydrogens (tertiary/aromatic N) is 2. The van der Waals surface area contributed by atoms with E-state index in [-0.39, 0.29) is 42.0 Å². The number of piperazine rings is 1. The normalized spacial score (nSPS) is 17.5. The molecule has 30 heavy (non-hydrogen) atoms. The molecule has 0 atom stereocenters. The predicted octanol–water partition coefficient (Wildman–Crippen LogP) is 3.30. The van der Waals surface area contributed by atoms with Crippen LogP contribution in [0.3, 0.4) is 0 Å². The van der Waals surface area contributed by atoms with E-state index >= 15 is 0 Å². The molecule has 7 nitrogen and oxygen atoms in total. The van der Waals surface area contributed by atoms with Crippen molar-refractivity contribution in [3.8, 4) is 11.5 Å². The molecular weight excluding hydrogens is 451 g/mol. The molecule has 160 valence electrons. The fraction of sp³-hybridized carbons (Fsp3) is 0.350. The second-order valence-corrected chi connectivity index (χ2v) is 9.73.